The van der Waals surface area contributed by atoms with E-state index in [1.54, 1.807) is 10.8 Å². The lowest BCUT2D eigenvalue weighted by Gasteiger charge is -2.38. The van der Waals surface area contributed by atoms with Crippen LogP contribution in [0.5, 0.6) is 0 Å². The number of fused-ring (bicyclic) bond motifs is 3. The lowest BCUT2D eigenvalue weighted by atomic mass is 9.77. The maximum Gasteiger partial charge on any atom is 0.163 e. The van der Waals surface area contributed by atoms with Gasteiger partial charge in [0.1, 0.15) is 24.3 Å². The summed E-state index contributed by atoms with van der Waals surface area (Å²) in [4.78, 5) is 10.7. The van der Waals surface area contributed by atoms with E-state index in [2.05, 4.69) is 20.0 Å². The van der Waals surface area contributed by atoms with Gasteiger partial charge in [0.15, 0.2) is 5.65 Å². The number of rotatable bonds is 2. The second-order valence-electron chi connectivity index (χ2n) is 7.51. The van der Waals surface area contributed by atoms with E-state index >= 15 is 0 Å². The van der Waals surface area contributed by atoms with Crippen LogP contribution in [0.1, 0.15) is 42.0 Å². The minimum atomic E-state index is -0.416. The number of nitrogens with two attached hydrogens (primary N) is 1. The fourth-order valence-corrected chi connectivity index (χ4v) is 4.60. The molecule has 5 rings (SSSR count). The van der Waals surface area contributed by atoms with Crippen LogP contribution >= 0.6 is 0 Å². The highest BCUT2D eigenvalue weighted by Gasteiger charge is 2.37. The molecule has 2 N–H and O–H groups in total. The van der Waals surface area contributed by atoms with Crippen LogP contribution in [0.25, 0.3) is 5.65 Å². The van der Waals surface area contributed by atoms with Gasteiger partial charge in [0, 0.05) is 36.7 Å². The molecule has 3 heterocycles. The first kappa shape index (κ1) is 16.7. The van der Waals surface area contributed by atoms with Crippen molar-refractivity contribution in [1.29, 1.82) is 0 Å². The Hall–Kier alpha value is -2.45. The lowest BCUT2D eigenvalue weighted by Crippen LogP contribution is -2.44. The number of hydrogen-bond acceptors (Lipinski definition) is 5. The van der Waals surface area contributed by atoms with Crippen molar-refractivity contribution in [1.82, 2.24) is 24.5 Å². The summed E-state index contributed by atoms with van der Waals surface area (Å²) < 4.78 is 29.4. The number of halogens is 2. The lowest BCUT2D eigenvalue weighted by molar-refractivity contribution is 0.136. The molecule has 6 nitrogen and oxygen atoms in total. The SMILES string of the molecule is N[C@H]1C[C@@H](N2Cc3nn4cncnc4c3C2)CC[C@@H]1c1cc(F)ccc1F. The predicted molar refractivity (Wildman–Crippen MR) is 94.7 cm³/mol. The fraction of sp³-hybridized carbons (Fsp3) is 0.421. The highest BCUT2D eigenvalue weighted by atomic mass is 19.1. The molecule has 0 bridgehead atoms. The van der Waals surface area contributed by atoms with Gasteiger partial charge in [-0.05, 0) is 43.0 Å². The molecule has 1 fully saturated rings. The van der Waals surface area contributed by atoms with Crippen LogP contribution in [0.15, 0.2) is 30.9 Å². The molecular weight excluding hydrogens is 350 g/mol. The van der Waals surface area contributed by atoms with E-state index in [9.17, 15) is 8.78 Å². The van der Waals surface area contributed by atoms with Crippen LogP contribution in [-0.4, -0.2) is 36.6 Å². The van der Waals surface area contributed by atoms with Gasteiger partial charge < -0.3 is 5.73 Å². The van der Waals surface area contributed by atoms with Crippen molar-refractivity contribution in [2.24, 2.45) is 5.73 Å². The van der Waals surface area contributed by atoms with Crippen molar-refractivity contribution >= 4 is 5.65 Å². The van der Waals surface area contributed by atoms with Crippen molar-refractivity contribution in [3.63, 3.8) is 0 Å². The van der Waals surface area contributed by atoms with Crippen LogP contribution in [0, 0.1) is 11.6 Å². The Morgan fingerprint density at radius 3 is 2.89 bits per heavy atom. The number of aromatic nitrogens is 4. The standard InChI is InChI=1S/C19H20F2N6/c20-11-1-4-16(21)14(5-11)13-3-2-12(6-17(13)22)26-7-15-18(8-26)25-27-10-23-9-24-19(15)27/h1,4-5,9-10,12-13,17H,2-3,6-8,22H2/t12-,13+,17-/m0/s1. The maximum atomic E-state index is 14.2. The molecule has 0 unspecified atom stereocenters. The molecule has 27 heavy (non-hydrogen) atoms. The van der Waals surface area contributed by atoms with E-state index in [1.165, 1.54) is 18.5 Å². The predicted octanol–water partition coefficient (Wildman–Crippen LogP) is 2.38. The fourth-order valence-electron chi connectivity index (χ4n) is 4.60. The first-order chi connectivity index (χ1) is 13.1. The Morgan fingerprint density at radius 1 is 1.15 bits per heavy atom. The van der Waals surface area contributed by atoms with Gasteiger partial charge in [-0.1, -0.05) is 0 Å². The van der Waals surface area contributed by atoms with Crippen LogP contribution in [-0.2, 0) is 13.1 Å². The molecule has 0 radical (unpaired) electrons. The van der Waals surface area contributed by atoms with Gasteiger partial charge >= 0.3 is 0 Å². The third-order valence-corrected chi connectivity index (χ3v) is 5.95. The highest BCUT2D eigenvalue weighted by Crippen LogP contribution is 2.38. The van der Waals surface area contributed by atoms with Crippen molar-refractivity contribution in [3.8, 4) is 0 Å². The van der Waals surface area contributed by atoms with Gasteiger partial charge in [-0.15, -0.1) is 0 Å². The summed E-state index contributed by atoms with van der Waals surface area (Å²) in [5.41, 5.74) is 9.83. The summed E-state index contributed by atoms with van der Waals surface area (Å²) in [5.74, 6) is -0.932. The monoisotopic (exact) mass is 370 g/mol. The second-order valence-corrected chi connectivity index (χ2v) is 7.51. The van der Waals surface area contributed by atoms with Gasteiger partial charge in [0.25, 0.3) is 0 Å². The Kier molecular flexibility index (Phi) is 3.91. The summed E-state index contributed by atoms with van der Waals surface area (Å²) in [6.07, 6.45) is 5.61. The van der Waals surface area contributed by atoms with Crippen molar-refractivity contribution in [2.75, 3.05) is 0 Å². The zero-order valence-electron chi connectivity index (χ0n) is 14.7. The molecule has 140 valence electrons. The summed E-state index contributed by atoms with van der Waals surface area (Å²) in [7, 11) is 0. The molecule has 1 aliphatic carbocycles. The summed E-state index contributed by atoms with van der Waals surface area (Å²) in [6, 6.07) is 3.74. The maximum absolute atomic E-state index is 14.2. The van der Waals surface area contributed by atoms with Gasteiger partial charge in [-0.2, -0.15) is 5.10 Å². The first-order valence-electron chi connectivity index (χ1n) is 9.21. The smallest absolute Gasteiger partial charge is 0.163 e. The molecule has 0 amide bonds. The number of benzene rings is 1. The normalized spacial score (nSPS) is 25.8. The minimum absolute atomic E-state index is 0.145. The number of nitrogens with zero attached hydrogens (tertiary/aromatic N) is 5. The molecule has 2 aliphatic rings. The molecule has 0 saturated heterocycles. The molecular formula is C19H20F2N6. The average Bonchev–Trinajstić information content (AvgIpc) is 3.22. The zero-order valence-corrected chi connectivity index (χ0v) is 14.7. The zero-order chi connectivity index (χ0) is 18.5. The third kappa shape index (κ3) is 2.80. The van der Waals surface area contributed by atoms with Crippen molar-refractivity contribution in [2.45, 2.75) is 50.4 Å². The van der Waals surface area contributed by atoms with E-state index in [-0.39, 0.29) is 17.8 Å². The van der Waals surface area contributed by atoms with E-state index in [1.807, 2.05) is 0 Å². The molecule has 1 saturated carbocycles. The topological polar surface area (TPSA) is 72.3 Å². The van der Waals surface area contributed by atoms with Crippen LogP contribution in [0.3, 0.4) is 0 Å². The molecule has 2 aromatic heterocycles. The largest absolute Gasteiger partial charge is 0.327 e. The second kappa shape index (κ2) is 6.31. The summed E-state index contributed by atoms with van der Waals surface area (Å²) in [5, 5.41) is 4.57. The van der Waals surface area contributed by atoms with Gasteiger partial charge in [-0.3, -0.25) is 4.90 Å². The first-order valence-corrected chi connectivity index (χ1v) is 9.21. The van der Waals surface area contributed by atoms with E-state index in [4.69, 9.17) is 5.73 Å². The van der Waals surface area contributed by atoms with Crippen LogP contribution in [0.2, 0.25) is 0 Å². The van der Waals surface area contributed by atoms with Crippen molar-refractivity contribution < 1.29 is 8.78 Å². The third-order valence-electron chi connectivity index (χ3n) is 5.95. The Bertz CT molecular complexity index is 1000. The molecule has 3 aromatic rings. The van der Waals surface area contributed by atoms with Gasteiger partial charge in [0.05, 0.1) is 5.69 Å². The summed E-state index contributed by atoms with van der Waals surface area (Å²) >= 11 is 0. The van der Waals surface area contributed by atoms with Gasteiger partial charge in [-0.25, -0.2) is 23.3 Å². The molecule has 1 aliphatic heterocycles. The Balaban J connectivity index is 1.32. The van der Waals surface area contributed by atoms with Gasteiger partial charge in [0.2, 0.25) is 0 Å². The van der Waals surface area contributed by atoms with E-state index in [0.717, 1.165) is 55.3 Å². The average molecular weight is 370 g/mol. The quantitative estimate of drug-likeness (QED) is 0.750. The molecule has 1 aromatic carbocycles. The minimum Gasteiger partial charge on any atom is -0.327 e. The van der Waals surface area contributed by atoms with Crippen LogP contribution < -0.4 is 5.73 Å². The van der Waals surface area contributed by atoms with E-state index < -0.39 is 5.82 Å². The Labute approximate surface area is 155 Å². The summed E-state index contributed by atoms with van der Waals surface area (Å²) in [6.45, 7) is 1.54. The molecule has 3 atom stereocenters. The highest BCUT2D eigenvalue weighted by molar-refractivity contribution is 5.50. The van der Waals surface area contributed by atoms with Crippen molar-refractivity contribution in [3.05, 3.63) is 59.3 Å². The Morgan fingerprint density at radius 2 is 2.04 bits per heavy atom. The van der Waals surface area contributed by atoms with Crippen LogP contribution in [0.4, 0.5) is 8.78 Å². The van der Waals surface area contributed by atoms with E-state index in [0.29, 0.717) is 11.6 Å². The number of hydrogen-bond donors (Lipinski definition) is 1. The molecule has 8 heteroatoms. The molecule has 0 spiro atoms.